The molecule has 0 aliphatic heterocycles. The van der Waals surface area contributed by atoms with Crippen LogP contribution in [0, 0.1) is 5.92 Å². The lowest BCUT2D eigenvalue weighted by Crippen LogP contribution is -2.36. The van der Waals surface area contributed by atoms with Gasteiger partial charge < -0.3 is 15.2 Å². The molecule has 0 spiro atoms. The van der Waals surface area contributed by atoms with E-state index in [1.54, 1.807) is 0 Å². The summed E-state index contributed by atoms with van der Waals surface area (Å²) in [6, 6.07) is 0.478. The Balaban J connectivity index is 2.06. The zero-order chi connectivity index (χ0) is 12.0. The molecule has 0 bridgehead atoms. The molecule has 0 aromatic heterocycles. The number of ether oxygens (including phenoxy) is 1. The summed E-state index contributed by atoms with van der Waals surface area (Å²) in [5.74, 6) is -0.758. The van der Waals surface area contributed by atoms with Crippen molar-refractivity contribution in [2.24, 2.45) is 5.92 Å². The molecular weight excluding hydrogens is 206 g/mol. The lowest BCUT2D eigenvalue weighted by Gasteiger charge is -2.27. The maximum atomic E-state index is 10.8. The molecule has 0 radical (unpaired) electrons. The summed E-state index contributed by atoms with van der Waals surface area (Å²) in [6.45, 7) is 5.65. The molecular formula is C12H23NO3. The fraction of sp³-hybridized carbons (Fsp3) is 0.917. The van der Waals surface area contributed by atoms with Crippen molar-refractivity contribution in [1.29, 1.82) is 0 Å². The van der Waals surface area contributed by atoms with E-state index >= 15 is 0 Å². The Labute approximate surface area is 97.4 Å². The average molecular weight is 229 g/mol. The van der Waals surface area contributed by atoms with Crippen LogP contribution in [0.5, 0.6) is 0 Å². The third-order valence-corrected chi connectivity index (χ3v) is 3.06. The summed E-state index contributed by atoms with van der Waals surface area (Å²) in [5, 5.41) is 12.3. The van der Waals surface area contributed by atoms with Crippen LogP contribution in [0.25, 0.3) is 0 Å². The molecule has 0 atom stereocenters. The average Bonchev–Trinajstić information content (AvgIpc) is 2.25. The van der Waals surface area contributed by atoms with Gasteiger partial charge in [0.05, 0.1) is 18.6 Å². The van der Waals surface area contributed by atoms with E-state index in [0.717, 1.165) is 38.8 Å². The minimum Gasteiger partial charge on any atom is -0.481 e. The molecule has 0 heterocycles. The van der Waals surface area contributed by atoms with Crippen LogP contribution in [0.3, 0.4) is 0 Å². The molecule has 1 saturated carbocycles. The minimum absolute atomic E-state index is 0.120. The second kappa shape index (κ2) is 6.86. The summed E-state index contributed by atoms with van der Waals surface area (Å²) >= 11 is 0. The molecule has 1 aliphatic rings. The van der Waals surface area contributed by atoms with Crippen LogP contribution in [0.1, 0.15) is 39.5 Å². The predicted octanol–water partition coefficient (Wildman–Crippen LogP) is 1.64. The molecule has 1 fully saturated rings. The predicted molar refractivity (Wildman–Crippen MR) is 62.5 cm³/mol. The summed E-state index contributed by atoms with van der Waals surface area (Å²) in [7, 11) is 0. The highest BCUT2D eigenvalue weighted by Gasteiger charge is 2.25. The maximum absolute atomic E-state index is 10.8. The molecule has 0 aromatic rings. The number of hydrogen-bond acceptors (Lipinski definition) is 3. The van der Waals surface area contributed by atoms with E-state index in [0.29, 0.717) is 6.04 Å². The molecule has 0 saturated heterocycles. The number of hydrogen-bond donors (Lipinski definition) is 2. The van der Waals surface area contributed by atoms with Crippen molar-refractivity contribution in [1.82, 2.24) is 5.32 Å². The summed E-state index contributed by atoms with van der Waals surface area (Å²) in [4.78, 5) is 10.8. The highest BCUT2D eigenvalue weighted by atomic mass is 16.5. The summed E-state index contributed by atoms with van der Waals surface area (Å²) < 4.78 is 5.44. The van der Waals surface area contributed by atoms with Gasteiger partial charge in [0.2, 0.25) is 0 Å². The molecule has 1 rings (SSSR count). The van der Waals surface area contributed by atoms with Gasteiger partial charge in [0.25, 0.3) is 0 Å². The fourth-order valence-corrected chi connectivity index (χ4v) is 2.10. The van der Waals surface area contributed by atoms with Gasteiger partial charge in [-0.2, -0.15) is 0 Å². The highest BCUT2D eigenvalue weighted by molar-refractivity contribution is 5.70. The van der Waals surface area contributed by atoms with Gasteiger partial charge in [0.1, 0.15) is 0 Å². The van der Waals surface area contributed by atoms with Crippen molar-refractivity contribution in [2.75, 3.05) is 13.2 Å². The molecule has 16 heavy (non-hydrogen) atoms. The molecule has 2 N–H and O–H groups in total. The van der Waals surface area contributed by atoms with Gasteiger partial charge in [-0.1, -0.05) is 0 Å². The van der Waals surface area contributed by atoms with Crippen molar-refractivity contribution in [3.8, 4) is 0 Å². The van der Waals surface area contributed by atoms with Crippen LogP contribution in [0.2, 0.25) is 0 Å². The lowest BCUT2D eigenvalue weighted by atomic mass is 9.86. The van der Waals surface area contributed by atoms with E-state index in [9.17, 15) is 4.79 Å². The molecule has 4 nitrogen and oxygen atoms in total. The van der Waals surface area contributed by atoms with E-state index in [2.05, 4.69) is 5.32 Å². The number of nitrogens with one attached hydrogen (secondary N) is 1. The number of carboxylic acids is 1. The first-order valence-electron chi connectivity index (χ1n) is 6.17. The first-order valence-corrected chi connectivity index (χ1v) is 6.17. The van der Waals surface area contributed by atoms with Crippen molar-refractivity contribution in [2.45, 2.75) is 51.7 Å². The smallest absolute Gasteiger partial charge is 0.306 e. The highest BCUT2D eigenvalue weighted by Crippen LogP contribution is 2.24. The SMILES string of the molecule is CC(C)OCCNC1CCC(C(=O)O)CC1. The van der Waals surface area contributed by atoms with E-state index in [4.69, 9.17) is 9.84 Å². The number of aliphatic carboxylic acids is 1. The zero-order valence-corrected chi connectivity index (χ0v) is 10.2. The second-order valence-electron chi connectivity index (χ2n) is 4.76. The quantitative estimate of drug-likeness (QED) is 0.680. The number of rotatable bonds is 6. The van der Waals surface area contributed by atoms with Gasteiger partial charge in [0.15, 0.2) is 0 Å². The third kappa shape index (κ3) is 4.94. The number of carboxylic acid groups (broad SMARTS) is 1. The summed E-state index contributed by atoms with van der Waals surface area (Å²) in [5.41, 5.74) is 0. The minimum atomic E-state index is -0.637. The lowest BCUT2D eigenvalue weighted by molar-refractivity contribution is -0.142. The van der Waals surface area contributed by atoms with Gasteiger partial charge >= 0.3 is 5.97 Å². The van der Waals surface area contributed by atoms with Crippen molar-refractivity contribution < 1.29 is 14.6 Å². The van der Waals surface area contributed by atoms with Crippen molar-refractivity contribution >= 4 is 5.97 Å². The van der Waals surface area contributed by atoms with E-state index in [1.165, 1.54) is 0 Å². The monoisotopic (exact) mass is 229 g/mol. The molecule has 4 heteroatoms. The van der Waals surface area contributed by atoms with Crippen LogP contribution in [0.4, 0.5) is 0 Å². The van der Waals surface area contributed by atoms with Gasteiger partial charge in [-0.25, -0.2) is 0 Å². The van der Waals surface area contributed by atoms with Crippen molar-refractivity contribution in [3.63, 3.8) is 0 Å². The Hall–Kier alpha value is -0.610. The Kier molecular flexibility index (Phi) is 5.77. The first kappa shape index (κ1) is 13.5. The van der Waals surface area contributed by atoms with Crippen LogP contribution in [-0.4, -0.2) is 36.4 Å². The largest absolute Gasteiger partial charge is 0.481 e. The van der Waals surface area contributed by atoms with Crippen molar-refractivity contribution in [3.05, 3.63) is 0 Å². The second-order valence-corrected chi connectivity index (χ2v) is 4.76. The molecule has 0 amide bonds. The van der Waals surface area contributed by atoms with E-state index < -0.39 is 5.97 Å². The molecule has 0 unspecified atom stereocenters. The number of carbonyl (C=O) groups is 1. The van der Waals surface area contributed by atoms with Crippen LogP contribution >= 0.6 is 0 Å². The standard InChI is InChI=1S/C12H23NO3/c1-9(2)16-8-7-13-11-5-3-10(4-6-11)12(14)15/h9-11,13H,3-8H2,1-2H3,(H,14,15). The third-order valence-electron chi connectivity index (χ3n) is 3.06. The fourth-order valence-electron chi connectivity index (χ4n) is 2.10. The molecule has 1 aliphatic carbocycles. The van der Waals surface area contributed by atoms with Crippen LogP contribution < -0.4 is 5.32 Å². The molecule has 94 valence electrons. The van der Waals surface area contributed by atoms with E-state index in [1.807, 2.05) is 13.8 Å². The van der Waals surface area contributed by atoms with E-state index in [-0.39, 0.29) is 12.0 Å². The Morgan fingerprint density at radius 2 is 2.00 bits per heavy atom. The van der Waals surface area contributed by atoms with Gasteiger partial charge in [0, 0.05) is 12.6 Å². The molecule has 0 aromatic carbocycles. The summed E-state index contributed by atoms with van der Waals surface area (Å²) in [6.07, 6.45) is 3.83. The Morgan fingerprint density at radius 3 is 2.50 bits per heavy atom. The van der Waals surface area contributed by atoms with Crippen LogP contribution in [-0.2, 0) is 9.53 Å². The van der Waals surface area contributed by atoms with Gasteiger partial charge in [-0.3, -0.25) is 4.79 Å². The van der Waals surface area contributed by atoms with Crippen LogP contribution in [0.15, 0.2) is 0 Å². The van der Waals surface area contributed by atoms with Gasteiger partial charge in [-0.05, 0) is 39.5 Å². The Bertz CT molecular complexity index is 210. The maximum Gasteiger partial charge on any atom is 0.306 e. The first-order chi connectivity index (χ1) is 7.59. The zero-order valence-electron chi connectivity index (χ0n) is 10.2. The normalized spacial score (nSPS) is 25.9. The van der Waals surface area contributed by atoms with Gasteiger partial charge in [-0.15, -0.1) is 0 Å². The Morgan fingerprint density at radius 1 is 1.38 bits per heavy atom. The topological polar surface area (TPSA) is 58.6 Å².